The second-order valence-corrected chi connectivity index (χ2v) is 4.78. The molecule has 1 aromatic heterocycles. The van der Waals surface area contributed by atoms with Crippen molar-refractivity contribution in [2.75, 3.05) is 6.54 Å². The van der Waals surface area contributed by atoms with E-state index in [9.17, 15) is 0 Å². The van der Waals surface area contributed by atoms with E-state index in [1.54, 1.807) is 0 Å². The maximum absolute atomic E-state index is 4.35. The molecule has 0 aromatic carbocycles. The van der Waals surface area contributed by atoms with E-state index in [1.807, 2.05) is 17.9 Å². The van der Waals surface area contributed by atoms with Gasteiger partial charge in [-0.25, -0.2) is 0 Å². The summed E-state index contributed by atoms with van der Waals surface area (Å²) < 4.78 is 1.86. The molecule has 1 aliphatic carbocycles. The van der Waals surface area contributed by atoms with Crippen LogP contribution in [-0.4, -0.2) is 16.3 Å². The molecule has 1 heterocycles. The van der Waals surface area contributed by atoms with Crippen molar-refractivity contribution in [3.63, 3.8) is 0 Å². The minimum atomic E-state index is 0.883. The Morgan fingerprint density at radius 1 is 1.53 bits per heavy atom. The molecule has 0 spiro atoms. The Morgan fingerprint density at radius 3 is 3.00 bits per heavy atom. The maximum Gasteiger partial charge on any atom is 0.0762 e. The van der Waals surface area contributed by atoms with Gasteiger partial charge in [0.05, 0.1) is 5.69 Å². The van der Waals surface area contributed by atoms with Crippen molar-refractivity contribution in [2.24, 2.45) is 18.9 Å². The van der Waals surface area contributed by atoms with Gasteiger partial charge in [-0.2, -0.15) is 5.10 Å². The summed E-state index contributed by atoms with van der Waals surface area (Å²) in [7, 11) is 1.96. The van der Waals surface area contributed by atoms with Crippen molar-refractivity contribution < 1.29 is 0 Å². The summed E-state index contributed by atoms with van der Waals surface area (Å²) in [6.07, 6.45) is 6.22. The predicted octanol–water partition coefficient (Wildman–Crippen LogP) is 1.95. The zero-order valence-corrected chi connectivity index (χ0v) is 9.74. The molecule has 3 heteroatoms. The van der Waals surface area contributed by atoms with E-state index in [0.717, 1.165) is 30.6 Å². The first kappa shape index (κ1) is 10.7. The van der Waals surface area contributed by atoms with Gasteiger partial charge in [-0.15, -0.1) is 0 Å². The van der Waals surface area contributed by atoms with Crippen molar-refractivity contribution in [1.29, 1.82) is 0 Å². The number of aromatic nitrogens is 2. The fourth-order valence-corrected chi connectivity index (χ4v) is 2.47. The molecule has 2 atom stereocenters. The zero-order valence-electron chi connectivity index (χ0n) is 9.74. The molecule has 0 radical (unpaired) electrons. The smallest absolute Gasteiger partial charge is 0.0762 e. The first-order chi connectivity index (χ1) is 7.25. The summed E-state index contributed by atoms with van der Waals surface area (Å²) in [4.78, 5) is 0. The van der Waals surface area contributed by atoms with Gasteiger partial charge in [0.15, 0.2) is 0 Å². The van der Waals surface area contributed by atoms with Crippen LogP contribution >= 0.6 is 0 Å². The maximum atomic E-state index is 4.35. The molecule has 3 nitrogen and oxygen atoms in total. The number of hydrogen-bond acceptors (Lipinski definition) is 2. The van der Waals surface area contributed by atoms with Crippen molar-refractivity contribution in [3.05, 3.63) is 18.0 Å². The lowest BCUT2D eigenvalue weighted by atomic mass is 9.98. The van der Waals surface area contributed by atoms with Crippen molar-refractivity contribution >= 4 is 0 Å². The molecule has 84 valence electrons. The third-order valence-electron chi connectivity index (χ3n) is 3.52. The fraction of sp³-hybridized carbons (Fsp3) is 0.750. The van der Waals surface area contributed by atoms with E-state index >= 15 is 0 Å². The van der Waals surface area contributed by atoms with Gasteiger partial charge in [0, 0.05) is 19.8 Å². The molecule has 15 heavy (non-hydrogen) atoms. The fourth-order valence-electron chi connectivity index (χ4n) is 2.47. The van der Waals surface area contributed by atoms with Crippen molar-refractivity contribution in [1.82, 2.24) is 15.1 Å². The van der Waals surface area contributed by atoms with Gasteiger partial charge in [0.25, 0.3) is 0 Å². The van der Waals surface area contributed by atoms with Crippen LogP contribution in [0.1, 0.15) is 31.9 Å². The molecule has 1 N–H and O–H groups in total. The number of aryl methyl sites for hydroxylation is 1. The Morgan fingerprint density at radius 2 is 2.40 bits per heavy atom. The Kier molecular flexibility index (Phi) is 3.41. The molecule has 1 aromatic rings. The van der Waals surface area contributed by atoms with Gasteiger partial charge >= 0.3 is 0 Å². The highest BCUT2D eigenvalue weighted by Gasteiger charge is 2.22. The standard InChI is InChI=1S/C12H21N3/c1-10-4-3-5-11(10)8-13-9-12-6-7-15(2)14-12/h6-7,10-11,13H,3-5,8-9H2,1-2H3. The molecule has 1 saturated carbocycles. The van der Waals surface area contributed by atoms with Crippen LogP contribution in [0.25, 0.3) is 0 Å². The number of nitrogens with zero attached hydrogens (tertiary/aromatic N) is 2. The Balaban J connectivity index is 1.70. The molecule has 1 aliphatic rings. The first-order valence-corrected chi connectivity index (χ1v) is 5.95. The SMILES string of the molecule is CC1CCCC1CNCc1ccn(C)n1. The summed E-state index contributed by atoms with van der Waals surface area (Å²) in [5.74, 6) is 1.79. The van der Waals surface area contributed by atoms with E-state index in [0.29, 0.717) is 0 Å². The molecule has 0 saturated heterocycles. The topological polar surface area (TPSA) is 29.9 Å². The number of hydrogen-bond donors (Lipinski definition) is 1. The van der Waals surface area contributed by atoms with Crippen LogP contribution in [0.15, 0.2) is 12.3 Å². The van der Waals surface area contributed by atoms with Gasteiger partial charge in [0.2, 0.25) is 0 Å². The highest BCUT2D eigenvalue weighted by molar-refractivity contribution is 4.97. The van der Waals surface area contributed by atoms with Crippen LogP contribution in [0.2, 0.25) is 0 Å². The van der Waals surface area contributed by atoms with E-state index in [4.69, 9.17) is 0 Å². The largest absolute Gasteiger partial charge is 0.311 e. The Labute approximate surface area is 91.9 Å². The molecule has 1 fully saturated rings. The van der Waals surface area contributed by atoms with E-state index in [-0.39, 0.29) is 0 Å². The normalized spacial score (nSPS) is 26.0. The molecule has 0 amide bonds. The van der Waals surface area contributed by atoms with Gasteiger partial charge in [-0.3, -0.25) is 4.68 Å². The molecular weight excluding hydrogens is 186 g/mol. The average Bonchev–Trinajstić information content (AvgIpc) is 2.77. The number of nitrogens with one attached hydrogen (secondary N) is 1. The lowest BCUT2D eigenvalue weighted by Crippen LogP contribution is -2.24. The van der Waals surface area contributed by atoms with E-state index in [2.05, 4.69) is 23.4 Å². The molecule has 2 unspecified atom stereocenters. The molecule has 2 rings (SSSR count). The minimum Gasteiger partial charge on any atom is -0.311 e. The van der Waals surface area contributed by atoms with Gasteiger partial charge in [0.1, 0.15) is 0 Å². The van der Waals surface area contributed by atoms with Gasteiger partial charge < -0.3 is 5.32 Å². The molecule has 0 aliphatic heterocycles. The highest BCUT2D eigenvalue weighted by atomic mass is 15.3. The zero-order chi connectivity index (χ0) is 10.7. The van der Waals surface area contributed by atoms with Crippen LogP contribution in [0.4, 0.5) is 0 Å². The predicted molar refractivity (Wildman–Crippen MR) is 61.4 cm³/mol. The lowest BCUT2D eigenvalue weighted by Gasteiger charge is -2.15. The minimum absolute atomic E-state index is 0.883. The number of rotatable bonds is 4. The Bertz CT molecular complexity index is 306. The van der Waals surface area contributed by atoms with Crippen molar-refractivity contribution in [2.45, 2.75) is 32.7 Å². The van der Waals surface area contributed by atoms with Crippen LogP contribution in [0.5, 0.6) is 0 Å². The van der Waals surface area contributed by atoms with Crippen LogP contribution < -0.4 is 5.32 Å². The van der Waals surface area contributed by atoms with E-state index < -0.39 is 0 Å². The monoisotopic (exact) mass is 207 g/mol. The average molecular weight is 207 g/mol. The highest BCUT2D eigenvalue weighted by Crippen LogP contribution is 2.30. The summed E-state index contributed by atoms with van der Waals surface area (Å²) in [5, 5.41) is 7.86. The second kappa shape index (κ2) is 4.79. The van der Waals surface area contributed by atoms with Gasteiger partial charge in [-0.1, -0.05) is 19.8 Å². The molecule has 0 bridgehead atoms. The van der Waals surface area contributed by atoms with Crippen LogP contribution in [0.3, 0.4) is 0 Å². The van der Waals surface area contributed by atoms with Crippen molar-refractivity contribution in [3.8, 4) is 0 Å². The third kappa shape index (κ3) is 2.81. The lowest BCUT2D eigenvalue weighted by molar-refractivity contribution is 0.391. The summed E-state index contributed by atoms with van der Waals surface area (Å²) in [6, 6.07) is 2.07. The first-order valence-electron chi connectivity index (χ1n) is 5.95. The van der Waals surface area contributed by atoms with Crippen LogP contribution in [0, 0.1) is 11.8 Å². The van der Waals surface area contributed by atoms with Gasteiger partial charge in [-0.05, 0) is 30.9 Å². The third-order valence-corrected chi connectivity index (χ3v) is 3.52. The Hall–Kier alpha value is -0.830. The summed E-state index contributed by atoms with van der Waals surface area (Å²) in [5.41, 5.74) is 1.14. The van der Waals surface area contributed by atoms with E-state index in [1.165, 1.54) is 19.3 Å². The van der Waals surface area contributed by atoms with Crippen LogP contribution in [-0.2, 0) is 13.6 Å². The summed E-state index contributed by atoms with van der Waals surface area (Å²) >= 11 is 0. The summed E-state index contributed by atoms with van der Waals surface area (Å²) in [6.45, 7) is 4.43. The quantitative estimate of drug-likeness (QED) is 0.817. The molecular formula is C12H21N3. The second-order valence-electron chi connectivity index (χ2n) is 4.78.